The number of anilines is 1. The molecule has 4 aromatic carbocycles. The molecule has 38 heavy (non-hydrogen) atoms. The average Bonchev–Trinajstić information content (AvgIpc) is 3.14. The highest BCUT2D eigenvalue weighted by Crippen LogP contribution is 2.55. The molecule has 0 aromatic heterocycles. The van der Waals surface area contributed by atoms with E-state index in [4.69, 9.17) is 4.74 Å². The normalized spacial score (nSPS) is 16.4. The zero-order valence-electron chi connectivity index (χ0n) is 21.7. The van der Waals surface area contributed by atoms with Gasteiger partial charge in [-0.15, -0.1) is 0 Å². The van der Waals surface area contributed by atoms with Crippen molar-refractivity contribution < 1.29 is 23.0 Å². The third-order valence-corrected chi connectivity index (χ3v) is 8.29. The average molecular weight is 518 g/mol. The second kappa shape index (κ2) is 8.69. The first-order valence-electron chi connectivity index (χ1n) is 13.1. The standard InChI is InChI=1S/C32H30F3NO2/c1-31(2)25-15-19(20-9-5-6-10-24(20)32(33,34)35)11-12-21(25)30-23-16-27(36-13-7-4-8-14-36)29(38-3)17-22(23)28(37)18-26(30)31/h5-6,9-12,15-18,37H,4,7-8,13-14H2,1-3H3. The molecule has 1 fully saturated rings. The SMILES string of the molecule is COc1cc2c(O)cc3c(c2cc1N1CCCCC1)-c1ccc(-c2ccccc2C(F)(F)F)cc1C3(C)C. The zero-order chi connectivity index (χ0) is 26.8. The van der Waals surface area contributed by atoms with Crippen molar-refractivity contribution in [3.8, 4) is 33.8 Å². The van der Waals surface area contributed by atoms with Crippen LogP contribution in [0.15, 0.2) is 60.7 Å². The van der Waals surface area contributed by atoms with E-state index in [1.165, 1.54) is 18.6 Å². The van der Waals surface area contributed by atoms with Crippen LogP contribution in [0, 0.1) is 0 Å². The second-order valence-corrected chi connectivity index (χ2v) is 10.9. The molecule has 0 unspecified atom stereocenters. The van der Waals surface area contributed by atoms with Crippen LogP contribution in [0.5, 0.6) is 11.5 Å². The Kier molecular flexibility index (Phi) is 5.64. The molecule has 0 amide bonds. The summed E-state index contributed by atoms with van der Waals surface area (Å²) in [5.41, 5.74) is 4.47. The largest absolute Gasteiger partial charge is 0.507 e. The number of hydrogen-bond donors (Lipinski definition) is 1. The first-order chi connectivity index (χ1) is 18.1. The smallest absolute Gasteiger partial charge is 0.417 e. The van der Waals surface area contributed by atoms with Crippen molar-refractivity contribution in [3.63, 3.8) is 0 Å². The van der Waals surface area contributed by atoms with Gasteiger partial charge in [0.1, 0.15) is 11.5 Å². The summed E-state index contributed by atoms with van der Waals surface area (Å²) in [4.78, 5) is 2.34. The lowest BCUT2D eigenvalue weighted by Crippen LogP contribution is -2.29. The Hall–Kier alpha value is -3.67. The van der Waals surface area contributed by atoms with E-state index in [0.717, 1.165) is 71.1 Å². The van der Waals surface area contributed by atoms with E-state index < -0.39 is 17.2 Å². The Morgan fingerprint density at radius 2 is 1.58 bits per heavy atom. The minimum atomic E-state index is -4.44. The highest BCUT2D eigenvalue weighted by Gasteiger charge is 2.39. The monoisotopic (exact) mass is 517 g/mol. The number of phenols is 1. The molecule has 1 saturated heterocycles. The number of piperidine rings is 1. The van der Waals surface area contributed by atoms with Gasteiger partial charge in [0.25, 0.3) is 0 Å². The number of methoxy groups -OCH3 is 1. The minimum Gasteiger partial charge on any atom is -0.507 e. The van der Waals surface area contributed by atoms with E-state index in [9.17, 15) is 18.3 Å². The number of benzene rings is 4. The van der Waals surface area contributed by atoms with E-state index >= 15 is 0 Å². The molecule has 0 saturated carbocycles. The van der Waals surface area contributed by atoms with Crippen LogP contribution in [-0.4, -0.2) is 25.3 Å². The van der Waals surface area contributed by atoms with Crippen LogP contribution in [0.25, 0.3) is 33.0 Å². The van der Waals surface area contributed by atoms with Gasteiger partial charge in [0.15, 0.2) is 0 Å². The van der Waals surface area contributed by atoms with Gasteiger partial charge in [-0.25, -0.2) is 0 Å². The van der Waals surface area contributed by atoms with Crippen LogP contribution < -0.4 is 9.64 Å². The molecule has 1 heterocycles. The van der Waals surface area contributed by atoms with Crippen molar-refractivity contribution in [1.29, 1.82) is 0 Å². The summed E-state index contributed by atoms with van der Waals surface area (Å²) in [6, 6.07) is 17.2. The van der Waals surface area contributed by atoms with E-state index in [1.807, 2.05) is 18.2 Å². The minimum absolute atomic E-state index is 0.166. The van der Waals surface area contributed by atoms with Crippen molar-refractivity contribution in [2.75, 3.05) is 25.1 Å². The van der Waals surface area contributed by atoms with Gasteiger partial charge in [-0.1, -0.05) is 44.2 Å². The molecular formula is C32H30F3NO2. The quantitative estimate of drug-likeness (QED) is 0.296. The molecular weight excluding hydrogens is 487 g/mol. The first kappa shape index (κ1) is 24.7. The molecule has 2 aliphatic rings. The summed E-state index contributed by atoms with van der Waals surface area (Å²) in [6.07, 6.45) is -0.987. The Morgan fingerprint density at radius 3 is 2.29 bits per heavy atom. The number of ether oxygens (including phenoxy) is 1. The van der Waals surface area contributed by atoms with Crippen molar-refractivity contribution in [2.45, 2.75) is 44.7 Å². The maximum Gasteiger partial charge on any atom is 0.417 e. The fourth-order valence-corrected chi connectivity index (χ4v) is 6.32. The fraction of sp³-hybridized carbons (Fsp3) is 0.312. The van der Waals surface area contributed by atoms with Gasteiger partial charge < -0.3 is 14.7 Å². The summed E-state index contributed by atoms with van der Waals surface area (Å²) < 4.78 is 47.2. The number of hydrogen-bond acceptors (Lipinski definition) is 3. The van der Waals surface area contributed by atoms with Gasteiger partial charge in [-0.2, -0.15) is 13.2 Å². The zero-order valence-corrected chi connectivity index (χ0v) is 21.7. The number of phenolic OH excluding ortho intramolecular Hbond substituents is 1. The van der Waals surface area contributed by atoms with Crippen molar-refractivity contribution in [3.05, 3.63) is 77.4 Å². The van der Waals surface area contributed by atoms with Crippen LogP contribution in [-0.2, 0) is 11.6 Å². The lowest BCUT2D eigenvalue weighted by Gasteiger charge is -2.30. The number of fused-ring (bicyclic) bond motifs is 5. The van der Waals surface area contributed by atoms with Gasteiger partial charge in [0.05, 0.1) is 18.4 Å². The molecule has 0 bridgehead atoms. The highest BCUT2D eigenvalue weighted by molar-refractivity contribution is 6.07. The summed E-state index contributed by atoms with van der Waals surface area (Å²) in [6.45, 7) is 6.04. The van der Waals surface area contributed by atoms with Crippen molar-refractivity contribution >= 4 is 16.5 Å². The molecule has 0 atom stereocenters. The van der Waals surface area contributed by atoms with Crippen LogP contribution in [0.3, 0.4) is 0 Å². The Balaban J connectivity index is 1.58. The van der Waals surface area contributed by atoms with Gasteiger partial charge >= 0.3 is 6.18 Å². The molecule has 196 valence electrons. The van der Waals surface area contributed by atoms with Crippen molar-refractivity contribution in [2.24, 2.45) is 0 Å². The van der Waals surface area contributed by atoms with E-state index in [2.05, 4.69) is 24.8 Å². The lowest BCUT2D eigenvalue weighted by molar-refractivity contribution is -0.137. The molecule has 4 aromatic rings. The second-order valence-electron chi connectivity index (χ2n) is 10.9. The Morgan fingerprint density at radius 1 is 0.842 bits per heavy atom. The van der Waals surface area contributed by atoms with Gasteiger partial charge in [-0.05, 0) is 88.4 Å². The van der Waals surface area contributed by atoms with E-state index in [1.54, 1.807) is 25.3 Å². The molecule has 1 N–H and O–H groups in total. The predicted molar refractivity (Wildman–Crippen MR) is 146 cm³/mol. The maximum atomic E-state index is 13.8. The number of halogens is 3. The molecule has 1 aliphatic carbocycles. The van der Waals surface area contributed by atoms with E-state index in [-0.39, 0.29) is 11.3 Å². The summed E-state index contributed by atoms with van der Waals surface area (Å²) in [5.74, 6) is 0.900. The van der Waals surface area contributed by atoms with Gasteiger partial charge in [0, 0.05) is 23.9 Å². The van der Waals surface area contributed by atoms with Crippen LogP contribution in [0.2, 0.25) is 0 Å². The van der Waals surface area contributed by atoms with Crippen LogP contribution >= 0.6 is 0 Å². The number of alkyl halides is 3. The number of aromatic hydroxyl groups is 1. The Bertz CT molecular complexity index is 1570. The molecule has 0 spiro atoms. The highest BCUT2D eigenvalue weighted by atomic mass is 19.4. The topological polar surface area (TPSA) is 32.7 Å². The Labute approximate surface area is 220 Å². The summed E-state index contributed by atoms with van der Waals surface area (Å²) in [5, 5.41) is 12.8. The summed E-state index contributed by atoms with van der Waals surface area (Å²) >= 11 is 0. The third-order valence-electron chi connectivity index (χ3n) is 8.29. The predicted octanol–water partition coefficient (Wildman–Crippen LogP) is 8.54. The van der Waals surface area contributed by atoms with Crippen LogP contribution in [0.1, 0.15) is 49.8 Å². The molecule has 0 radical (unpaired) electrons. The van der Waals surface area contributed by atoms with E-state index in [0.29, 0.717) is 10.9 Å². The number of rotatable bonds is 3. The molecule has 1 aliphatic heterocycles. The van der Waals surface area contributed by atoms with Crippen LogP contribution in [0.4, 0.5) is 18.9 Å². The molecule has 6 rings (SSSR count). The lowest BCUT2D eigenvalue weighted by atomic mass is 9.81. The summed E-state index contributed by atoms with van der Waals surface area (Å²) in [7, 11) is 1.65. The van der Waals surface area contributed by atoms with Gasteiger partial charge in [-0.3, -0.25) is 0 Å². The van der Waals surface area contributed by atoms with Gasteiger partial charge in [0.2, 0.25) is 0 Å². The third kappa shape index (κ3) is 3.72. The number of nitrogens with zero attached hydrogens (tertiary/aromatic N) is 1. The van der Waals surface area contributed by atoms with Crippen molar-refractivity contribution in [1.82, 2.24) is 0 Å². The fourth-order valence-electron chi connectivity index (χ4n) is 6.32. The first-order valence-corrected chi connectivity index (χ1v) is 13.1. The maximum absolute atomic E-state index is 13.8. The molecule has 3 nitrogen and oxygen atoms in total. The molecule has 6 heteroatoms.